The van der Waals surface area contributed by atoms with Gasteiger partial charge < -0.3 is 10.5 Å². The van der Waals surface area contributed by atoms with Crippen LogP contribution in [0.25, 0.3) is 0 Å². The molecule has 2 heterocycles. The van der Waals surface area contributed by atoms with E-state index in [2.05, 4.69) is 36.3 Å². The van der Waals surface area contributed by atoms with Crippen molar-refractivity contribution < 1.29 is 4.74 Å². The second-order valence-electron chi connectivity index (χ2n) is 5.16. The summed E-state index contributed by atoms with van der Waals surface area (Å²) in [6.45, 7) is 9.03. The van der Waals surface area contributed by atoms with E-state index in [1.807, 2.05) is 11.3 Å². The minimum Gasteiger partial charge on any atom is -0.379 e. The lowest BCUT2D eigenvalue weighted by atomic mass is 9.85. The van der Waals surface area contributed by atoms with Crippen LogP contribution in [0.1, 0.15) is 18.7 Å². The van der Waals surface area contributed by atoms with E-state index in [1.165, 1.54) is 4.88 Å². The van der Waals surface area contributed by atoms with Crippen LogP contribution in [0.5, 0.6) is 0 Å². The van der Waals surface area contributed by atoms with Crippen molar-refractivity contribution in [3.63, 3.8) is 0 Å². The highest BCUT2D eigenvalue weighted by atomic mass is 32.1. The normalized spacial score (nSPS) is 29.1. The zero-order valence-corrected chi connectivity index (χ0v) is 11.5. The Balaban J connectivity index is 1.95. The van der Waals surface area contributed by atoms with E-state index in [4.69, 9.17) is 10.5 Å². The third-order valence-electron chi connectivity index (χ3n) is 3.62. The van der Waals surface area contributed by atoms with Crippen molar-refractivity contribution in [2.45, 2.75) is 26.4 Å². The van der Waals surface area contributed by atoms with E-state index in [9.17, 15) is 0 Å². The highest BCUT2D eigenvalue weighted by Gasteiger charge is 2.38. The van der Waals surface area contributed by atoms with E-state index < -0.39 is 0 Å². The number of thiophene rings is 1. The van der Waals surface area contributed by atoms with Crippen molar-refractivity contribution in [2.24, 2.45) is 11.1 Å². The highest BCUT2D eigenvalue weighted by Crippen LogP contribution is 2.28. The lowest BCUT2D eigenvalue weighted by molar-refractivity contribution is 0.118. The van der Waals surface area contributed by atoms with E-state index in [1.54, 1.807) is 0 Å². The van der Waals surface area contributed by atoms with Crippen molar-refractivity contribution in [3.8, 4) is 0 Å². The first-order valence-electron chi connectivity index (χ1n) is 6.22. The molecule has 0 amide bonds. The van der Waals surface area contributed by atoms with Gasteiger partial charge in [-0.25, -0.2) is 0 Å². The van der Waals surface area contributed by atoms with Crippen LogP contribution in [0.2, 0.25) is 0 Å². The van der Waals surface area contributed by atoms with Gasteiger partial charge >= 0.3 is 0 Å². The molecule has 0 aliphatic carbocycles. The monoisotopic (exact) mass is 254 g/mol. The van der Waals surface area contributed by atoms with E-state index in [0.29, 0.717) is 6.61 Å². The third-order valence-corrected chi connectivity index (χ3v) is 4.48. The average Bonchev–Trinajstić information content (AvgIpc) is 2.90. The molecule has 3 nitrogen and oxygen atoms in total. The standard InChI is InChI=1S/C13H22N2OS/c1-3-15(7-11-5-4-6-17-11)9-13(2)10-16-8-12(13)14/h4-6,12H,3,7-10,14H2,1-2H3. The quantitative estimate of drug-likeness (QED) is 0.872. The van der Waals surface area contributed by atoms with Gasteiger partial charge in [-0.2, -0.15) is 0 Å². The average molecular weight is 254 g/mol. The molecule has 0 radical (unpaired) electrons. The molecule has 1 saturated heterocycles. The van der Waals surface area contributed by atoms with Crippen LogP contribution in [0.4, 0.5) is 0 Å². The minimum absolute atomic E-state index is 0.104. The lowest BCUT2D eigenvalue weighted by Crippen LogP contribution is -2.46. The van der Waals surface area contributed by atoms with Gasteiger partial charge in [-0.05, 0) is 18.0 Å². The van der Waals surface area contributed by atoms with Gasteiger partial charge in [0.2, 0.25) is 0 Å². The van der Waals surface area contributed by atoms with Crippen LogP contribution < -0.4 is 5.73 Å². The fraction of sp³-hybridized carbons (Fsp3) is 0.692. The maximum atomic E-state index is 6.14. The van der Waals surface area contributed by atoms with Gasteiger partial charge in [0, 0.05) is 29.4 Å². The Labute approximate surface area is 108 Å². The molecule has 1 fully saturated rings. The summed E-state index contributed by atoms with van der Waals surface area (Å²) in [5.74, 6) is 0. The molecule has 0 spiro atoms. The molecule has 0 aromatic carbocycles. The molecule has 4 heteroatoms. The van der Waals surface area contributed by atoms with Gasteiger partial charge in [0.15, 0.2) is 0 Å². The number of nitrogens with zero attached hydrogens (tertiary/aromatic N) is 1. The molecule has 1 aromatic rings. The van der Waals surface area contributed by atoms with Crippen molar-refractivity contribution in [2.75, 3.05) is 26.3 Å². The van der Waals surface area contributed by atoms with Gasteiger partial charge in [-0.1, -0.05) is 19.9 Å². The summed E-state index contributed by atoms with van der Waals surface area (Å²) in [5.41, 5.74) is 6.24. The first-order valence-corrected chi connectivity index (χ1v) is 7.10. The first-order chi connectivity index (χ1) is 8.14. The van der Waals surface area contributed by atoms with E-state index in [0.717, 1.165) is 26.2 Å². The fourth-order valence-electron chi connectivity index (χ4n) is 2.30. The Hall–Kier alpha value is -0.420. The Morgan fingerprint density at radius 1 is 1.65 bits per heavy atom. The van der Waals surface area contributed by atoms with Gasteiger partial charge in [-0.15, -0.1) is 11.3 Å². The molecule has 17 heavy (non-hydrogen) atoms. The zero-order valence-electron chi connectivity index (χ0n) is 10.7. The summed E-state index contributed by atoms with van der Waals surface area (Å²) in [4.78, 5) is 3.88. The first kappa shape index (κ1) is 13.0. The molecule has 1 aliphatic rings. The van der Waals surface area contributed by atoms with Gasteiger partial charge in [-0.3, -0.25) is 4.90 Å². The van der Waals surface area contributed by atoms with Crippen LogP contribution in [0.3, 0.4) is 0 Å². The maximum absolute atomic E-state index is 6.14. The van der Waals surface area contributed by atoms with Crippen LogP contribution >= 0.6 is 11.3 Å². The molecule has 0 saturated carbocycles. The predicted octanol–water partition coefficient (Wildman–Crippen LogP) is 1.93. The Morgan fingerprint density at radius 2 is 2.47 bits per heavy atom. The van der Waals surface area contributed by atoms with Crippen LogP contribution in [0, 0.1) is 5.41 Å². The van der Waals surface area contributed by atoms with Crippen molar-refractivity contribution >= 4 is 11.3 Å². The SMILES string of the molecule is CCN(Cc1cccs1)CC1(C)COCC1N. The van der Waals surface area contributed by atoms with E-state index >= 15 is 0 Å². The van der Waals surface area contributed by atoms with Crippen molar-refractivity contribution in [3.05, 3.63) is 22.4 Å². The van der Waals surface area contributed by atoms with Gasteiger partial charge in [0.05, 0.1) is 13.2 Å². The molecule has 2 N–H and O–H groups in total. The van der Waals surface area contributed by atoms with Crippen LogP contribution in [-0.2, 0) is 11.3 Å². The summed E-state index contributed by atoms with van der Waals surface area (Å²) in [6.07, 6.45) is 0. The number of hydrogen-bond donors (Lipinski definition) is 1. The second kappa shape index (κ2) is 5.48. The van der Waals surface area contributed by atoms with Gasteiger partial charge in [0.1, 0.15) is 0 Å². The fourth-order valence-corrected chi connectivity index (χ4v) is 3.05. The largest absolute Gasteiger partial charge is 0.379 e. The summed E-state index contributed by atoms with van der Waals surface area (Å²) in [5, 5.41) is 2.13. The predicted molar refractivity (Wildman–Crippen MR) is 72.2 cm³/mol. The Morgan fingerprint density at radius 3 is 3.00 bits per heavy atom. The second-order valence-corrected chi connectivity index (χ2v) is 6.19. The lowest BCUT2D eigenvalue weighted by Gasteiger charge is -2.33. The van der Waals surface area contributed by atoms with E-state index in [-0.39, 0.29) is 11.5 Å². The van der Waals surface area contributed by atoms with Crippen LogP contribution in [0.15, 0.2) is 17.5 Å². The van der Waals surface area contributed by atoms with Crippen molar-refractivity contribution in [1.82, 2.24) is 4.90 Å². The topological polar surface area (TPSA) is 38.5 Å². The maximum Gasteiger partial charge on any atom is 0.0624 e. The summed E-state index contributed by atoms with van der Waals surface area (Å²) < 4.78 is 5.50. The Bertz CT molecular complexity index is 341. The zero-order chi connectivity index (χ0) is 12.3. The molecule has 2 rings (SSSR count). The molecule has 96 valence electrons. The minimum atomic E-state index is 0.104. The van der Waals surface area contributed by atoms with Crippen molar-refractivity contribution in [1.29, 1.82) is 0 Å². The molecular weight excluding hydrogens is 232 g/mol. The number of hydrogen-bond acceptors (Lipinski definition) is 4. The Kier molecular flexibility index (Phi) is 4.20. The molecule has 1 aliphatic heterocycles. The number of rotatable bonds is 5. The van der Waals surface area contributed by atoms with Crippen LogP contribution in [-0.4, -0.2) is 37.2 Å². The summed E-state index contributed by atoms with van der Waals surface area (Å²) >= 11 is 1.82. The smallest absolute Gasteiger partial charge is 0.0624 e. The van der Waals surface area contributed by atoms with Gasteiger partial charge in [0.25, 0.3) is 0 Å². The summed E-state index contributed by atoms with van der Waals surface area (Å²) in [7, 11) is 0. The molecule has 1 aromatic heterocycles. The molecule has 2 unspecified atom stereocenters. The molecule has 0 bridgehead atoms. The summed E-state index contributed by atoms with van der Waals surface area (Å²) in [6, 6.07) is 4.47. The number of ether oxygens (including phenoxy) is 1. The third kappa shape index (κ3) is 3.07. The highest BCUT2D eigenvalue weighted by molar-refractivity contribution is 7.09. The number of nitrogens with two attached hydrogens (primary N) is 1. The molecular formula is C13H22N2OS. The molecule has 2 atom stereocenters.